The molecule has 96 valence electrons. The topological polar surface area (TPSA) is 37.8 Å². The molecule has 18 heavy (non-hydrogen) atoms. The molecule has 0 aliphatic heterocycles. The van der Waals surface area contributed by atoms with Crippen molar-refractivity contribution in [3.05, 3.63) is 40.0 Å². The first-order valence-electron chi connectivity index (χ1n) is 6.31. The molecule has 0 saturated heterocycles. The number of nitrogens with one attached hydrogen (secondary N) is 1. The zero-order chi connectivity index (χ0) is 13.0. The van der Waals surface area contributed by atoms with Gasteiger partial charge >= 0.3 is 0 Å². The molecule has 4 heteroatoms. The summed E-state index contributed by atoms with van der Waals surface area (Å²) in [5.74, 6) is 0.866. The molecule has 0 amide bonds. The molecule has 1 atom stereocenters. The van der Waals surface area contributed by atoms with Gasteiger partial charge in [0.15, 0.2) is 0 Å². The van der Waals surface area contributed by atoms with Crippen LogP contribution in [-0.4, -0.2) is 9.97 Å². The molecule has 0 spiro atoms. The first-order valence-corrected chi connectivity index (χ1v) is 7.19. The summed E-state index contributed by atoms with van der Waals surface area (Å²) in [5, 5.41) is 5.60. The Morgan fingerprint density at radius 3 is 2.78 bits per heavy atom. The monoisotopic (exact) mass is 261 g/mol. The Morgan fingerprint density at radius 1 is 1.33 bits per heavy atom. The quantitative estimate of drug-likeness (QED) is 0.880. The molecule has 2 aromatic heterocycles. The minimum Gasteiger partial charge on any atom is -0.361 e. The van der Waals surface area contributed by atoms with Crippen molar-refractivity contribution >= 4 is 17.2 Å². The van der Waals surface area contributed by atoms with E-state index in [4.69, 9.17) is 0 Å². The zero-order valence-corrected chi connectivity index (χ0v) is 11.9. The molecule has 1 unspecified atom stereocenters. The average molecular weight is 261 g/mol. The van der Waals surface area contributed by atoms with Gasteiger partial charge in [0, 0.05) is 4.88 Å². The van der Waals surface area contributed by atoms with Crippen LogP contribution in [0.1, 0.15) is 42.1 Å². The van der Waals surface area contributed by atoms with Crippen LogP contribution in [0.15, 0.2) is 23.7 Å². The summed E-state index contributed by atoms with van der Waals surface area (Å²) in [6, 6.07) is 4.61. The van der Waals surface area contributed by atoms with Gasteiger partial charge in [-0.25, -0.2) is 4.98 Å². The number of aryl methyl sites for hydroxylation is 2. The van der Waals surface area contributed by atoms with Crippen LogP contribution in [0.2, 0.25) is 0 Å². The normalized spacial score (nSPS) is 12.4. The Balaban J connectivity index is 2.16. The fourth-order valence-electron chi connectivity index (χ4n) is 1.85. The van der Waals surface area contributed by atoms with Gasteiger partial charge in [-0.2, -0.15) is 0 Å². The molecule has 0 bridgehead atoms. The van der Waals surface area contributed by atoms with E-state index >= 15 is 0 Å². The van der Waals surface area contributed by atoms with Crippen molar-refractivity contribution in [2.45, 2.75) is 39.7 Å². The Kier molecular flexibility index (Phi) is 4.31. The lowest BCUT2D eigenvalue weighted by molar-refractivity contribution is 0.683. The Labute approximate surface area is 112 Å². The van der Waals surface area contributed by atoms with Crippen molar-refractivity contribution in [3.8, 4) is 0 Å². The van der Waals surface area contributed by atoms with Crippen LogP contribution in [0.4, 0.5) is 5.82 Å². The maximum Gasteiger partial charge on any atom is 0.145 e. The maximum absolute atomic E-state index is 4.54. The zero-order valence-electron chi connectivity index (χ0n) is 11.1. The number of anilines is 1. The van der Waals surface area contributed by atoms with Crippen LogP contribution in [0.25, 0.3) is 0 Å². The van der Waals surface area contributed by atoms with Gasteiger partial charge in [-0.1, -0.05) is 19.4 Å². The molecule has 1 N–H and O–H groups in total. The highest BCUT2D eigenvalue weighted by atomic mass is 32.1. The molecule has 2 heterocycles. The van der Waals surface area contributed by atoms with Crippen molar-refractivity contribution in [3.63, 3.8) is 0 Å². The number of aromatic nitrogens is 2. The second kappa shape index (κ2) is 5.96. The summed E-state index contributed by atoms with van der Waals surface area (Å²) < 4.78 is 0. The second-order valence-corrected chi connectivity index (χ2v) is 5.41. The predicted octanol–water partition coefficient (Wildman–Crippen LogP) is 4.11. The molecule has 0 aliphatic rings. The number of thiophene rings is 1. The van der Waals surface area contributed by atoms with E-state index in [1.807, 2.05) is 20.0 Å². The van der Waals surface area contributed by atoms with E-state index < -0.39 is 0 Å². The van der Waals surface area contributed by atoms with Crippen molar-refractivity contribution in [1.82, 2.24) is 9.97 Å². The number of hydrogen-bond donors (Lipinski definition) is 1. The lowest BCUT2D eigenvalue weighted by Gasteiger charge is -2.17. The van der Waals surface area contributed by atoms with Crippen molar-refractivity contribution in [2.24, 2.45) is 0 Å². The third-order valence-corrected chi connectivity index (χ3v) is 3.96. The van der Waals surface area contributed by atoms with E-state index in [1.165, 1.54) is 4.88 Å². The fraction of sp³-hybridized carbons (Fsp3) is 0.429. The highest BCUT2D eigenvalue weighted by Crippen LogP contribution is 2.26. The van der Waals surface area contributed by atoms with Crippen LogP contribution in [0.5, 0.6) is 0 Å². The maximum atomic E-state index is 4.54. The summed E-state index contributed by atoms with van der Waals surface area (Å²) in [7, 11) is 0. The number of hydrogen-bond acceptors (Lipinski definition) is 4. The predicted molar refractivity (Wildman–Crippen MR) is 77.1 cm³/mol. The molecule has 0 aliphatic carbocycles. The standard InChI is InChI=1S/C14H19N3S/c1-4-6-12(13-7-5-8-18-13)17-14-9-15-10(2)11(3)16-14/h5,7-9,12H,4,6H2,1-3H3,(H,16,17). The van der Waals surface area contributed by atoms with Gasteiger partial charge < -0.3 is 5.32 Å². The molecule has 2 rings (SSSR count). The van der Waals surface area contributed by atoms with Crippen LogP contribution in [0.3, 0.4) is 0 Å². The summed E-state index contributed by atoms with van der Waals surface area (Å²) in [6.07, 6.45) is 4.07. The summed E-state index contributed by atoms with van der Waals surface area (Å²) in [5.41, 5.74) is 1.98. The summed E-state index contributed by atoms with van der Waals surface area (Å²) >= 11 is 1.79. The van der Waals surface area contributed by atoms with Crippen molar-refractivity contribution < 1.29 is 0 Å². The highest BCUT2D eigenvalue weighted by molar-refractivity contribution is 7.10. The SMILES string of the molecule is CCCC(Nc1cnc(C)c(C)n1)c1cccs1. The van der Waals surface area contributed by atoms with Gasteiger partial charge in [0.1, 0.15) is 5.82 Å². The van der Waals surface area contributed by atoms with Gasteiger partial charge in [-0.15, -0.1) is 11.3 Å². The first kappa shape index (κ1) is 13.0. The van der Waals surface area contributed by atoms with E-state index in [0.29, 0.717) is 6.04 Å². The second-order valence-electron chi connectivity index (χ2n) is 4.43. The first-order chi connectivity index (χ1) is 8.70. The van der Waals surface area contributed by atoms with Crippen molar-refractivity contribution in [1.29, 1.82) is 0 Å². The van der Waals surface area contributed by atoms with E-state index in [9.17, 15) is 0 Å². The highest BCUT2D eigenvalue weighted by Gasteiger charge is 2.12. The molecule has 0 saturated carbocycles. The number of nitrogens with zero attached hydrogens (tertiary/aromatic N) is 2. The molecular weight excluding hydrogens is 242 g/mol. The lowest BCUT2D eigenvalue weighted by Crippen LogP contribution is -2.11. The third-order valence-electron chi connectivity index (χ3n) is 2.98. The van der Waals surface area contributed by atoms with E-state index in [1.54, 1.807) is 11.3 Å². The molecule has 0 fully saturated rings. The summed E-state index contributed by atoms with van der Waals surface area (Å²) in [6.45, 7) is 6.18. The molecule has 0 aromatic carbocycles. The molecular formula is C14H19N3S. The van der Waals surface area contributed by atoms with Gasteiger partial charge in [-0.3, -0.25) is 4.98 Å². The lowest BCUT2D eigenvalue weighted by atomic mass is 10.1. The van der Waals surface area contributed by atoms with Gasteiger partial charge in [-0.05, 0) is 31.7 Å². The molecule has 0 radical (unpaired) electrons. The van der Waals surface area contributed by atoms with E-state index in [0.717, 1.165) is 30.0 Å². The Hall–Kier alpha value is -1.42. The van der Waals surface area contributed by atoms with Crippen LogP contribution >= 0.6 is 11.3 Å². The van der Waals surface area contributed by atoms with Crippen molar-refractivity contribution in [2.75, 3.05) is 5.32 Å². The van der Waals surface area contributed by atoms with E-state index in [-0.39, 0.29) is 0 Å². The van der Waals surface area contributed by atoms with Crippen LogP contribution < -0.4 is 5.32 Å². The van der Waals surface area contributed by atoms with Gasteiger partial charge in [0.25, 0.3) is 0 Å². The van der Waals surface area contributed by atoms with Gasteiger partial charge in [0.05, 0.1) is 23.6 Å². The Bertz CT molecular complexity index is 494. The Morgan fingerprint density at radius 2 is 2.17 bits per heavy atom. The van der Waals surface area contributed by atoms with Crippen LogP contribution in [-0.2, 0) is 0 Å². The smallest absolute Gasteiger partial charge is 0.145 e. The minimum atomic E-state index is 0.339. The van der Waals surface area contributed by atoms with Crippen LogP contribution in [0, 0.1) is 13.8 Å². The van der Waals surface area contributed by atoms with Gasteiger partial charge in [0.2, 0.25) is 0 Å². The fourth-order valence-corrected chi connectivity index (χ4v) is 2.67. The molecule has 2 aromatic rings. The minimum absolute atomic E-state index is 0.339. The molecule has 3 nitrogen and oxygen atoms in total. The third kappa shape index (κ3) is 3.07. The summed E-state index contributed by atoms with van der Waals surface area (Å²) in [4.78, 5) is 10.2. The average Bonchev–Trinajstić information content (AvgIpc) is 2.87. The van der Waals surface area contributed by atoms with E-state index in [2.05, 4.69) is 39.7 Å². The largest absolute Gasteiger partial charge is 0.361 e. The number of rotatable bonds is 5.